The van der Waals surface area contributed by atoms with Crippen LogP contribution < -0.4 is 16.4 Å². The first-order chi connectivity index (χ1) is 15.5. The second-order valence-electron chi connectivity index (χ2n) is 7.70. The number of hydrogen-bond acceptors (Lipinski definition) is 10. The first-order valence-electron chi connectivity index (χ1n) is 10.3. The van der Waals surface area contributed by atoms with Crippen molar-refractivity contribution in [1.82, 2.24) is 30.8 Å². The largest absolute Gasteiger partial charge is 0.414 e. The lowest BCUT2D eigenvalue weighted by molar-refractivity contribution is -0.123. The monoisotopic (exact) mass is 439 g/mol. The lowest BCUT2D eigenvalue weighted by Gasteiger charge is -2.09. The van der Waals surface area contributed by atoms with Gasteiger partial charge in [0.25, 0.3) is 5.89 Å². The molecule has 11 nitrogen and oxygen atoms in total. The van der Waals surface area contributed by atoms with E-state index < -0.39 is 12.7 Å². The van der Waals surface area contributed by atoms with Crippen LogP contribution in [-0.4, -0.2) is 62.6 Å². The van der Waals surface area contributed by atoms with Gasteiger partial charge in [-0.05, 0) is 31.2 Å². The highest BCUT2D eigenvalue weighted by molar-refractivity contribution is 5.82. The fraction of sp³-hybridized carbons (Fsp3) is 0.381. The minimum absolute atomic E-state index is 0.00207. The molecule has 1 fully saturated rings. The summed E-state index contributed by atoms with van der Waals surface area (Å²) in [5.74, 6) is 0.0503. The van der Waals surface area contributed by atoms with E-state index in [9.17, 15) is 9.90 Å². The van der Waals surface area contributed by atoms with Crippen molar-refractivity contribution in [2.24, 2.45) is 5.92 Å². The second kappa shape index (κ2) is 9.39. The average Bonchev–Trinajstić information content (AvgIpc) is 3.46. The molecule has 1 saturated carbocycles. The number of nitrogens with zero attached hydrogens (tertiary/aromatic N) is 4. The first kappa shape index (κ1) is 21.8. The predicted molar refractivity (Wildman–Crippen MR) is 115 cm³/mol. The molecule has 11 heteroatoms. The molecule has 0 bridgehead atoms. The summed E-state index contributed by atoms with van der Waals surface area (Å²) >= 11 is 0. The maximum atomic E-state index is 12.2. The van der Waals surface area contributed by atoms with Crippen molar-refractivity contribution in [3.05, 3.63) is 41.7 Å². The number of nitrogen functional groups attached to an aromatic ring is 1. The van der Waals surface area contributed by atoms with E-state index in [4.69, 9.17) is 15.3 Å². The van der Waals surface area contributed by atoms with Gasteiger partial charge in [-0.25, -0.2) is 9.97 Å². The van der Waals surface area contributed by atoms with Gasteiger partial charge in [0, 0.05) is 30.5 Å². The number of nitrogens with one attached hydrogen (secondary N) is 2. The number of aliphatic hydroxyl groups excluding tert-OH is 2. The van der Waals surface area contributed by atoms with Gasteiger partial charge in [0.1, 0.15) is 0 Å². The lowest BCUT2D eigenvalue weighted by Crippen LogP contribution is -2.35. The van der Waals surface area contributed by atoms with Crippen LogP contribution in [0.3, 0.4) is 0 Å². The molecule has 168 valence electrons. The molecule has 0 aliphatic heterocycles. The molecule has 2 aromatic heterocycles. The Kier molecular flexibility index (Phi) is 6.40. The molecule has 6 N–H and O–H groups in total. The average molecular weight is 439 g/mol. The van der Waals surface area contributed by atoms with Crippen molar-refractivity contribution < 1.29 is 19.4 Å². The smallest absolute Gasteiger partial charge is 0.270 e. The number of aliphatic hydroxyl groups is 2. The van der Waals surface area contributed by atoms with E-state index in [0.717, 1.165) is 17.7 Å². The van der Waals surface area contributed by atoms with E-state index >= 15 is 0 Å². The predicted octanol–water partition coefficient (Wildman–Crippen LogP) is 0.0681. The molecule has 3 aromatic rings. The summed E-state index contributed by atoms with van der Waals surface area (Å²) in [6.45, 7) is 0.349. The molecular formula is C21H25N7O4. The highest BCUT2D eigenvalue weighted by Crippen LogP contribution is 2.47. The maximum Gasteiger partial charge on any atom is 0.270 e. The van der Waals surface area contributed by atoms with Crippen LogP contribution in [-0.2, 0) is 11.3 Å². The van der Waals surface area contributed by atoms with E-state index in [-0.39, 0.29) is 41.7 Å². The Morgan fingerprint density at radius 2 is 2.03 bits per heavy atom. The summed E-state index contributed by atoms with van der Waals surface area (Å²) in [6.07, 6.45) is 1.16. The summed E-state index contributed by atoms with van der Waals surface area (Å²) in [4.78, 5) is 21.0. The highest BCUT2D eigenvalue weighted by Gasteiger charge is 2.45. The van der Waals surface area contributed by atoms with E-state index in [1.54, 1.807) is 0 Å². The minimum atomic E-state index is -0.981. The molecule has 1 aliphatic rings. The van der Waals surface area contributed by atoms with Crippen molar-refractivity contribution in [3.8, 4) is 23.0 Å². The first-order valence-corrected chi connectivity index (χ1v) is 10.3. The van der Waals surface area contributed by atoms with Gasteiger partial charge in [-0.1, -0.05) is 12.1 Å². The molecule has 1 aliphatic carbocycles. The number of nitrogens with two attached hydrogens (primary N) is 1. The van der Waals surface area contributed by atoms with E-state index in [2.05, 4.69) is 30.8 Å². The fourth-order valence-corrected chi connectivity index (χ4v) is 3.38. The molecule has 3 unspecified atom stereocenters. The quantitative estimate of drug-likeness (QED) is 0.307. The zero-order valence-electron chi connectivity index (χ0n) is 17.5. The third kappa shape index (κ3) is 4.74. The number of rotatable bonds is 9. The van der Waals surface area contributed by atoms with Gasteiger partial charge < -0.3 is 31.0 Å². The number of amides is 1. The summed E-state index contributed by atoms with van der Waals surface area (Å²) in [7, 11) is 1.88. The summed E-state index contributed by atoms with van der Waals surface area (Å²) in [5, 5.41) is 32.1. The van der Waals surface area contributed by atoms with Gasteiger partial charge in [0.15, 0.2) is 11.5 Å². The molecular weight excluding hydrogens is 414 g/mol. The minimum Gasteiger partial charge on any atom is -0.414 e. The third-order valence-electron chi connectivity index (χ3n) is 5.26. The Bertz CT molecular complexity index is 1090. The number of benzene rings is 1. The molecule has 3 atom stereocenters. The molecule has 0 spiro atoms. The second-order valence-corrected chi connectivity index (χ2v) is 7.70. The lowest BCUT2D eigenvalue weighted by atomic mass is 10.1. The van der Waals surface area contributed by atoms with Gasteiger partial charge in [-0.15, -0.1) is 10.2 Å². The van der Waals surface area contributed by atoms with Crippen LogP contribution in [0.2, 0.25) is 0 Å². The topological polar surface area (TPSA) is 172 Å². The Balaban J connectivity index is 1.48. The van der Waals surface area contributed by atoms with Crippen LogP contribution in [0.25, 0.3) is 23.0 Å². The highest BCUT2D eigenvalue weighted by atomic mass is 16.4. The van der Waals surface area contributed by atoms with E-state index in [1.165, 1.54) is 6.20 Å². The van der Waals surface area contributed by atoms with Crippen molar-refractivity contribution in [2.45, 2.75) is 25.0 Å². The molecule has 2 heterocycles. The molecule has 1 amide bonds. The van der Waals surface area contributed by atoms with Crippen molar-refractivity contribution in [2.75, 3.05) is 25.9 Å². The SMILES string of the molecule is CNCc1ccc(-c2nnc(-c3nc(C4CC4C(=O)NCC(O)CO)cnc3N)o2)cc1. The number of anilines is 1. The number of carbonyl (C=O) groups excluding carboxylic acids is 1. The number of carbonyl (C=O) groups is 1. The van der Waals surface area contributed by atoms with Crippen molar-refractivity contribution >= 4 is 11.7 Å². The standard InChI is InChI=1S/C21H25N7O4/c1-23-7-11-2-4-12(5-3-11)20-27-28-21(32-20)17-18(22)24-9-16(26-17)14-6-15(14)19(31)25-8-13(30)10-29/h2-5,9,13-15,23,29-30H,6-8,10H2,1H3,(H2,22,24)(H,25,31). The normalized spacial score (nSPS) is 18.3. The number of aromatic nitrogens is 4. The Morgan fingerprint density at radius 3 is 2.75 bits per heavy atom. The zero-order chi connectivity index (χ0) is 22.7. The molecule has 1 aromatic carbocycles. The van der Waals surface area contributed by atoms with E-state index in [0.29, 0.717) is 18.0 Å². The van der Waals surface area contributed by atoms with Crippen LogP contribution >= 0.6 is 0 Å². The summed E-state index contributed by atoms with van der Waals surface area (Å²) in [6, 6.07) is 7.75. The molecule has 0 saturated heterocycles. The fourth-order valence-electron chi connectivity index (χ4n) is 3.38. The zero-order valence-corrected chi connectivity index (χ0v) is 17.5. The van der Waals surface area contributed by atoms with Crippen molar-refractivity contribution in [3.63, 3.8) is 0 Å². The van der Waals surface area contributed by atoms with Gasteiger partial charge in [-0.2, -0.15) is 0 Å². The van der Waals surface area contributed by atoms with Gasteiger partial charge in [0.05, 0.1) is 24.6 Å². The number of hydrogen-bond donors (Lipinski definition) is 5. The van der Waals surface area contributed by atoms with Crippen LogP contribution in [0.4, 0.5) is 5.82 Å². The Morgan fingerprint density at radius 1 is 1.28 bits per heavy atom. The van der Waals surface area contributed by atoms with Crippen LogP contribution in [0.15, 0.2) is 34.9 Å². The summed E-state index contributed by atoms with van der Waals surface area (Å²) < 4.78 is 5.79. The van der Waals surface area contributed by atoms with Crippen LogP contribution in [0, 0.1) is 5.92 Å². The Labute approximate surface area is 184 Å². The van der Waals surface area contributed by atoms with Crippen LogP contribution in [0.5, 0.6) is 0 Å². The molecule has 4 rings (SSSR count). The van der Waals surface area contributed by atoms with Gasteiger partial charge in [0.2, 0.25) is 11.8 Å². The van der Waals surface area contributed by atoms with Crippen molar-refractivity contribution in [1.29, 1.82) is 0 Å². The maximum absolute atomic E-state index is 12.2. The van der Waals surface area contributed by atoms with Gasteiger partial charge >= 0.3 is 0 Å². The molecule has 32 heavy (non-hydrogen) atoms. The molecule has 0 radical (unpaired) electrons. The van der Waals surface area contributed by atoms with Crippen LogP contribution in [0.1, 0.15) is 23.6 Å². The third-order valence-corrected chi connectivity index (χ3v) is 5.26. The van der Waals surface area contributed by atoms with Gasteiger partial charge in [-0.3, -0.25) is 4.79 Å². The summed E-state index contributed by atoms with van der Waals surface area (Å²) in [5.41, 5.74) is 8.78. The van der Waals surface area contributed by atoms with E-state index in [1.807, 2.05) is 31.3 Å². The Hall–Kier alpha value is -3.41.